The maximum absolute atomic E-state index is 7.13. The van der Waals surface area contributed by atoms with E-state index in [4.69, 9.17) is 204 Å². The molecule has 0 spiro atoms. The van der Waals surface area contributed by atoms with Crippen molar-refractivity contribution in [2.75, 3.05) is 212 Å². The molecule has 854 valence electrons. The third-order valence-corrected chi connectivity index (χ3v) is 81.2. The summed E-state index contributed by atoms with van der Waals surface area (Å²) in [6.45, 7) is 64.7. The largest absolute Gasteiger partial charge is 0.493 e. The van der Waals surface area contributed by atoms with Gasteiger partial charge in [0.25, 0.3) is 0 Å². The van der Waals surface area contributed by atoms with Crippen LogP contribution < -0.4 is 57.3 Å². The monoisotopic (exact) mass is 2320 g/mol. The molecule has 20 N–H and O–H groups in total. The summed E-state index contributed by atoms with van der Waals surface area (Å²) >= 11 is 0. The highest BCUT2D eigenvalue weighted by Gasteiger charge is 2.66. The lowest BCUT2D eigenvalue weighted by atomic mass is 10.5. The fourth-order valence-electron chi connectivity index (χ4n) is 14.8. The van der Waals surface area contributed by atoms with E-state index in [9.17, 15) is 0 Å². The normalized spacial score (nSPS) is 18.0. The van der Waals surface area contributed by atoms with Gasteiger partial charge in [-0.2, -0.15) is 0 Å². The van der Waals surface area contributed by atoms with Gasteiger partial charge in [0.15, 0.2) is 0 Å². The predicted octanol–water partition coefficient (Wildman–Crippen LogP) is 11.1. The van der Waals surface area contributed by atoms with Crippen LogP contribution in [-0.2, 0) is 147 Å². The van der Waals surface area contributed by atoms with Gasteiger partial charge in [0.1, 0.15) is 0 Å². The molecule has 0 saturated carbocycles. The summed E-state index contributed by atoms with van der Waals surface area (Å²) in [7, 11) is -46.8. The van der Waals surface area contributed by atoms with Gasteiger partial charge in [-0.25, -0.2) is 0 Å². The van der Waals surface area contributed by atoms with Crippen molar-refractivity contribution in [2.24, 2.45) is 57.3 Å². The molecule has 0 aliphatic heterocycles. The van der Waals surface area contributed by atoms with Crippen LogP contribution in [-0.4, -0.2) is 353 Å². The van der Waals surface area contributed by atoms with E-state index in [1.165, 1.54) is 0 Å². The van der Waals surface area contributed by atoms with Crippen LogP contribution in [0, 0.1) is 0 Å². The van der Waals surface area contributed by atoms with Crippen LogP contribution >= 0.6 is 0 Å². The van der Waals surface area contributed by atoms with Crippen molar-refractivity contribution in [3.05, 3.63) is 0 Å². The molecule has 0 radical (unpaired) electrons. The highest BCUT2D eigenvalue weighted by Crippen LogP contribution is 2.41. The van der Waals surface area contributed by atoms with E-state index < -0.39 is 140 Å². The molecule has 0 aliphatic rings. The minimum absolute atomic E-state index is 0.344. The molecule has 13 atom stereocenters. The molecule has 0 saturated heterocycles. The van der Waals surface area contributed by atoms with Crippen molar-refractivity contribution < 1.29 is 147 Å². The zero-order valence-electron chi connectivity index (χ0n) is 93.7. The Morgan fingerprint density at radius 1 is 0.142 bits per heavy atom. The Hall–Kier alpha value is 1.71. The van der Waals surface area contributed by atoms with Crippen LogP contribution in [0.25, 0.3) is 0 Å². The molecule has 13 unspecified atom stereocenters. The van der Waals surface area contributed by atoms with Gasteiger partial charge in [-0.15, -0.1) is 0 Å². The number of hydrogen-bond donors (Lipinski definition) is 10. The van der Waals surface area contributed by atoms with Crippen LogP contribution in [0.15, 0.2) is 0 Å². The van der Waals surface area contributed by atoms with Gasteiger partial charge >= 0.3 is 140 Å². The molecule has 0 aliphatic carbocycles. The Bertz CT molecular complexity index is 2860. The topological polar surface area (TPSA) is 574 Å². The lowest BCUT2D eigenvalue weighted by Crippen LogP contribution is -2.67. The molecule has 44 nitrogen and oxygen atoms in total. The van der Waals surface area contributed by atoms with Gasteiger partial charge in [0, 0.05) is 233 Å². The Morgan fingerprint density at radius 3 is 0.475 bits per heavy atom. The molecule has 0 amide bonds. The third-order valence-electron chi connectivity index (χ3n) is 20.4. The lowest BCUT2D eigenvalue weighted by Gasteiger charge is -2.44. The minimum atomic E-state index is -3.63. The second kappa shape index (κ2) is 84.0. The fraction of sp³-hybridized carbons (Fsp3) is 1.00. The molecular weight excluding hydrogens is 2110 g/mol. The van der Waals surface area contributed by atoms with Crippen molar-refractivity contribution >= 4 is 140 Å². The Kier molecular flexibility index (Phi) is 88.8. The Balaban J connectivity index is -0.000000893. The van der Waals surface area contributed by atoms with Gasteiger partial charge < -0.3 is 204 Å². The van der Waals surface area contributed by atoms with E-state index in [0.29, 0.717) is 303 Å². The highest BCUT2D eigenvalue weighted by molar-refractivity contribution is 6.87. The van der Waals surface area contributed by atoms with Crippen molar-refractivity contribution in [3.8, 4) is 0 Å². The van der Waals surface area contributed by atoms with Crippen molar-refractivity contribution in [3.63, 3.8) is 0 Å². The quantitative estimate of drug-likeness (QED) is 0.0253. The van der Waals surface area contributed by atoms with E-state index in [0.717, 1.165) is 24.9 Å². The van der Waals surface area contributed by atoms with Gasteiger partial charge in [-0.3, -0.25) is 0 Å². The summed E-state index contributed by atoms with van der Waals surface area (Å²) in [5.74, 6) is 0. The first-order valence-electron chi connectivity index (χ1n) is 52.3. The number of nitrogens with two attached hydrogens (primary N) is 10. The molecule has 0 bridgehead atoms. The lowest BCUT2D eigenvalue weighted by molar-refractivity contribution is 0.0326. The fourth-order valence-corrected chi connectivity index (χ4v) is 79.7. The van der Waals surface area contributed by atoms with Crippen molar-refractivity contribution in [2.45, 2.75) is 321 Å². The SMILES string of the molecule is CCO[Si](C)(CCCN)O[Si](CC)(OCC)O[Si](C)(OCC)O[Si](C)(OC)OCC.CCO[Si](C)(CCCN)O[Si](CC)(OCC)O[Si](CCCN)(OCC)O[Si](C)(OC)OCC.CCO[Si](C)(OC)O[Si](CCCN)(OCC)O[Si](CCCN)(OCC)O[Si](CCCN)(OCC)OCC.CCO[Si](CCCN)(OCC)O[Si](CCCN)(OCC)O[Si](CCCN)(OCC)O[Si](CCCN)(OCC)OCC. The van der Waals surface area contributed by atoms with Crippen LogP contribution in [0.3, 0.4) is 0 Å². The summed E-state index contributed by atoms with van der Waals surface area (Å²) in [4.78, 5) is 0. The van der Waals surface area contributed by atoms with Gasteiger partial charge in [0.2, 0.25) is 0 Å². The standard InChI is InChI=1S/C24H62N4O9Si4.C21H55N3O9Si4.C19H50N2O8Si4.C17H45NO8Si4/c1-7-29-38(30-8-2,21-13-17-25)35-40(33-11-5,23-15-19-27)37-41(34-12-6,24-16-20-28)36-39(31-9-3,32-10-4)22-14-18-26;1-8-26-34(7,25-6)31-36(29-11-4,20-14-17-23)33-37(30-12-5,21-15-18-24)32-35(27-9-2,28-10-3)19-13-16-22;1-9-23-30(7,18-14-16-20)27-32(13-5,25-11-3)29-33(26-12-4,19-15-17-21)28-31(8,22-6)24-10-2;1-10-20-27(7,17-15-16-18)24-30(14-5,23-13-4)26-29(9,22-12-3)25-28(8,19-6)21-11-2/h7-28H2,1-6H3;8-24H2,1-7H3;9-21H2,1-8H3;10-18H2,1-9H3. The first-order chi connectivity index (χ1) is 67.0. The predicted molar refractivity (Wildman–Crippen MR) is 588 cm³/mol. The smallest absolute Gasteiger partial charge is 0.395 e. The van der Waals surface area contributed by atoms with Gasteiger partial charge in [0.05, 0.1) is 0 Å². The van der Waals surface area contributed by atoms with Crippen molar-refractivity contribution in [1.82, 2.24) is 0 Å². The van der Waals surface area contributed by atoms with Crippen LogP contribution in [0.5, 0.6) is 0 Å². The van der Waals surface area contributed by atoms with E-state index in [-0.39, 0.29) is 0 Å². The average molecular weight is 2320 g/mol. The maximum atomic E-state index is 7.13. The second-order valence-corrected chi connectivity index (χ2v) is 80.3. The highest BCUT2D eigenvalue weighted by atomic mass is 28.5. The zero-order valence-corrected chi connectivity index (χ0v) is 110. The molecule has 0 aromatic carbocycles. The maximum Gasteiger partial charge on any atom is 0.493 e. The second-order valence-electron chi connectivity index (χ2n) is 32.2. The molecular formula is C81H212N10O34Si16. The van der Waals surface area contributed by atoms with Gasteiger partial charge in [-0.05, 0) is 286 Å². The van der Waals surface area contributed by atoms with E-state index >= 15 is 0 Å². The van der Waals surface area contributed by atoms with Gasteiger partial charge in [-0.1, -0.05) is 13.8 Å². The molecule has 0 aromatic rings. The molecule has 0 fully saturated rings. The number of rotatable bonds is 97. The van der Waals surface area contributed by atoms with Crippen LogP contribution in [0.4, 0.5) is 0 Å². The Labute approximate surface area is 872 Å². The Morgan fingerprint density at radius 2 is 0.284 bits per heavy atom. The summed E-state index contributed by atoms with van der Waals surface area (Å²) in [6.07, 6.45) is 6.74. The third kappa shape index (κ3) is 60.0. The summed E-state index contributed by atoms with van der Waals surface area (Å²) in [5.41, 5.74) is 58.9. The summed E-state index contributed by atoms with van der Waals surface area (Å²) in [5, 5.41) is 0. The van der Waals surface area contributed by atoms with E-state index in [1.54, 1.807) is 21.3 Å². The molecule has 0 rings (SSSR count). The zero-order chi connectivity index (χ0) is 108. The van der Waals surface area contributed by atoms with Crippen LogP contribution in [0.1, 0.15) is 210 Å². The molecule has 0 heterocycles. The average Bonchev–Trinajstić information content (AvgIpc) is 0.775. The van der Waals surface area contributed by atoms with E-state index in [1.807, 2.05) is 185 Å². The molecule has 141 heavy (non-hydrogen) atoms. The summed E-state index contributed by atoms with van der Waals surface area (Å²) < 4.78 is 216. The number of hydrogen-bond acceptors (Lipinski definition) is 44. The van der Waals surface area contributed by atoms with E-state index in [2.05, 4.69) is 0 Å². The summed E-state index contributed by atoms with van der Waals surface area (Å²) in [6, 6.07) is 6.49. The van der Waals surface area contributed by atoms with Crippen molar-refractivity contribution in [1.29, 1.82) is 0 Å². The molecule has 60 heteroatoms. The first-order valence-corrected chi connectivity index (χ1v) is 85.5. The minimum Gasteiger partial charge on any atom is -0.395 e. The van der Waals surface area contributed by atoms with Crippen LogP contribution in [0.2, 0.25) is 112 Å². The molecule has 0 aromatic heterocycles. The first kappa shape index (κ1) is 149.